The van der Waals surface area contributed by atoms with Gasteiger partial charge in [0.25, 0.3) is 0 Å². The molecule has 1 aromatic carbocycles. The van der Waals surface area contributed by atoms with Crippen LogP contribution in [-0.2, 0) is 6.54 Å². The summed E-state index contributed by atoms with van der Waals surface area (Å²) in [6.07, 6.45) is 2.62. The van der Waals surface area contributed by atoms with Gasteiger partial charge in [-0.25, -0.2) is 0 Å². The molecule has 4 heteroatoms. The molecule has 0 atom stereocenters. The van der Waals surface area contributed by atoms with Gasteiger partial charge in [-0.1, -0.05) is 30.3 Å². The molecule has 0 radical (unpaired) electrons. The van der Waals surface area contributed by atoms with Gasteiger partial charge < -0.3 is 10.4 Å². The van der Waals surface area contributed by atoms with Gasteiger partial charge >= 0.3 is 0 Å². The maximum absolute atomic E-state index is 8.70. The van der Waals surface area contributed by atoms with Crippen molar-refractivity contribution < 1.29 is 5.11 Å². The highest BCUT2D eigenvalue weighted by atomic mass is 16.3. The maximum Gasteiger partial charge on any atom is 0.0695 e. The molecule has 0 saturated heterocycles. The number of nitrogens with one attached hydrogen (secondary N) is 2. The molecule has 17 heavy (non-hydrogen) atoms. The number of aliphatic hydroxyl groups excluding tert-OH is 1. The van der Waals surface area contributed by atoms with Crippen molar-refractivity contribution in [3.63, 3.8) is 0 Å². The Morgan fingerprint density at radius 2 is 2.06 bits per heavy atom. The Labute approximate surface area is 101 Å². The number of aliphatic hydroxyl groups is 1. The quantitative estimate of drug-likeness (QED) is 0.661. The van der Waals surface area contributed by atoms with Crippen molar-refractivity contribution in [2.45, 2.75) is 13.0 Å². The Morgan fingerprint density at radius 3 is 2.82 bits per heavy atom. The molecule has 1 heterocycles. The highest BCUT2D eigenvalue weighted by Gasteiger charge is 2.06. The van der Waals surface area contributed by atoms with Gasteiger partial charge in [-0.05, 0) is 18.5 Å². The number of hydrogen-bond donors (Lipinski definition) is 3. The van der Waals surface area contributed by atoms with E-state index in [1.54, 1.807) is 0 Å². The van der Waals surface area contributed by atoms with E-state index in [-0.39, 0.29) is 6.61 Å². The Morgan fingerprint density at radius 1 is 1.24 bits per heavy atom. The lowest BCUT2D eigenvalue weighted by Gasteiger charge is -2.04. The fourth-order valence-electron chi connectivity index (χ4n) is 1.73. The number of benzene rings is 1. The molecule has 0 bridgehead atoms. The van der Waals surface area contributed by atoms with Crippen LogP contribution in [0.2, 0.25) is 0 Å². The topological polar surface area (TPSA) is 60.9 Å². The molecule has 2 rings (SSSR count). The first-order valence-corrected chi connectivity index (χ1v) is 5.81. The zero-order valence-electron chi connectivity index (χ0n) is 9.69. The molecule has 2 aromatic rings. The smallest absolute Gasteiger partial charge is 0.0695 e. The zero-order valence-corrected chi connectivity index (χ0v) is 9.69. The Kier molecular flexibility index (Phi) is 4.30. The lowest BCUT2D eigenvalue weighted by molar-refractivity contribution is 0.286. The van der Waals surface area contributed by atoms with Crippen molar-refractivity contribution in [2.75, 3.05) is 13.2 Å². The van der Waals surface area contributed by atoms with E-state index < -0.39 is 0 Å². The average Bonchev–Trinajstić information content (AvgIpc) is 2.84. The molecule has 0 aliphatic heterocycles. The number of aromatic nitrogens is 2. The van der Waals surface area contributed by atoms with Gasteiger partial charge in [-0.3, -0.25) is 5.10 Å². The first-order valence-electron chi connectivity index (χ1n) is 5.81. The summed E-state index contributed by atoms with van der Waals surface area (Å²) in [6, 6.07) is 10.1. The minimum absolute atomic E-state index is 0.226. The normalized spacial score (nSPS) is 10.6. The zero-order chi connectivity index (χ0) is 11.9. The van der Waals surface area contributed by atoms with Gasteiger partial charge in [0.1, 0.15) is 0 Å². The first kappa shape index (κ1) is 11.8. The summed E-state index contributed by atoms with van der Waals surface area (Å²) in [4.78, 5) is 0. The molecule has 0 amide bonds. The third-order valence-corrected chi connectivity index (χ3v) is 2.61. The van der Waals surface area contributed by atoms with E-state index in [1.165, 1.54) is 0 Å². The molecule has 1 aromatic heterocycles. The predicted molar refractivity (Wildman–Crippen MR) is 67.4 cm³/mol. The van der Waals surface area contributed by atoms with Crippen LogP contribution in [0.3, 0.4) is 0 Å². The van der Waals surface area contributed by atoms with E-state index in [4.69, 9.17) is 5.11 Å². The van der Waals surface area contributed by atoms with Crippen LogP contribution < -0.4 is 5.32 Å². The molecular weight excluding hydrogens is 214 g/mol. The highest BCUT2D eigenvalue weighted by Crippen LogP contribution is 2.20. The standard InChI is InChI=1S/C13H17N3O/c17-8-4-7-14-9-12-10-15-16-13(12)11-5-2-1-3-6-11/h1-3,5-6,10,14,17H,4,7-9H2,(H,15,16). The molecule has 0 fully saturated rings. The molecular formula is C13H17N3O. The molecule has 0 aliphatic rings. The van der Waals surface area contributed by atoms with Crippen LogP contribution in [0, 0.1) is 0 Å². The number of nitrogens with zero attached hydrogens (tertiary/aromatic N) is 1. The summed E-state index contributed by atoms with van der Waals surface area (Å²) in [5, 5.41) is 19.1. The minimum Gasteiger partial charge on any atom is -0.396 e. The van der Waals surface area contributed by atoms with Crippen LogP contribution in [0.5, 0.6) is 0 Å². The SMILES string of the molecule is OCCCNCc1cn[nH]c1-c1ccccc1. The van der Waals surface area contributed by atoms with E-state index in [0.29, 0.717) is 0 Å². The molecule has 0 unspecified atom stereocenters. The van der Waals surface area contributed by atoms with E-state index >= 15 is 0 Å². The number of rotatable bonds is 6. The van der Waals surface area contributed by atoms with Crippen LogP contribution in [0.1, 0.15) is 12.0 Å². The third-order valence-electron chi connectivity index (χ3n) is 2.61. The summed E-state index contributed by atoms with van der Waals surface area (Å²) in [5.41, 5.74) is 3.35. The van der Waals surface area contributed by atoms with Gasteiger partial charge in [0.2, 0.25) is 0 Å². The van der Waals surface area contributed by atoms with Crippen LogP contribution in [0.15, 0.2) is 36.5 Å². The molecule has 0 saturated carbocycles. The second-order valence-electron chi connectivity index (χ2n) is 3.89. The van der Waals surface area contributed by atoms with Crippen LogP contribution >= 0.6 is 0 Å². The van der Waals surface area contributed by atoms with Crippen LogP contribution in [0.25, 0.3) is 11.3 Å². The number of hydrogen-bond acceptors (Lipinski definition) is 3. The summed E-state index contributed by atoms with van der Waals surface area (Å²) >= 11 is 0. The monoisotopic (exact) mass is 231 g/mol. The second kappa shape index (κ2) is 6.18. The lowest BCUT2D eigenvalue weighted by Crippen LogP contribution is -2.15. The average molecular weight is 231 g/mol. The van der Waals surface area contributed by atoms with E-state index in [1.807, 2.05) is 24.4 Å². The second-order valence-corrected chi connectivity index (χ2v) is 3.89. The maximum atomic E-state index is 8.70. The summed E-state index contributed by atoms with van der Waals surface area (Å²) in [7, 11) is 0. The van der Waals surface area contributed by atoms with Crippen molar-refractivity contribution in [3.05, 3.63) is 42.1 Å². The van der Waals surface area contributed by atoms with Crippen LogP contribution in [0.4, 0.5) is 0 Å². The lowest BCUT2D eigenvalue weighted by atomic mass is 10.1. The van der Waals surface area contributed by atoms with Gasteiger partial charge in [0, 0.05) is 18.7 Å². The fourth-order valence-corrected chi connectivity index (χ4v) is 1.73. The van der Waals surface area contributed by atoms with E-state index in [2.05, 4.69) is 27.6 Å². The van der Waals surface area contributed by atoms with Gasteiger partial charge in [-0.2, -0.15) is 5.10 Å². The summed E-state index contributed by atoms with van der Waals surface area (Å²) in [6.45, 7) is 1.81. The molecule has 90 valence electrons. The van der Waals surface area contributed by atoms with Crippen molar-refractivity contribution in [1.29, 1.82) is 0 Å². The van der Waals surface area contributed by atoms with Gasteiger partial charge in [0.15, 0.2) is 0 Å². The Bertz CT molecular complexity index is 439. The minimum atomic E-state index is 0.226. The van der Waals surface area contributed by atoms with Crippen molar-refractivity contribution in [1.82, 2.24) is 15.5 Å². The third kappa shape index (κ3) is 3.15. The Hall–Kier alpha value is -1.65. The van der Waals surface area contributed by atoms with Crippen molar-refractivity contribution >= 4 is 0 Å². The largest absolute Gasteiger partial charge is 0.396 e. The van der Waals surface area contributed by atoms with E-state index in [9.17, 15) is 0 Å². The molecule has 3 N–H and O–H groups in total. The van der Waals surface area contributed by atoms with Gasteiger partial charge in [0.05, 0.1) is 11.9 Å². The summed E-state index contributed by atoms with van der Waals surface area (Å²) in [5.74, 6) is 0. The fraction of sp³-hybridized carbons (Fsp3) is 0.308. The van der Waals surface area contributed by atoms with Gasteiger partial charge in [-0.15, -0.1) is 0 Å². The number of aromatic amines is 1. The Balaban J connectivity index is 2.02. The number of H-pyrrole nitrogens is 1. The highest BCUT2D eigenvalue weighted by molar-refractivity contribution is 5.62. The molecule has 0 spiro atoms. The van der Waals surface area contributed by atoms with Crippen molar-refractivity contribution in [3.8, 4) is 11.3 Å². The molecule has 0 aliphatic carbocycles. The first-order chi connectivity index (χ1) is 8.42. The molecule has 4 nitrogen and oxygen atoms in total. The predicted octanol–water partition coefficient (Wildman–Crippen LogP) is 1.55. The van der Waals surface area contributed by atoms with Crippen molar-refractivity contribution in [2.24, 2.45) is 0 Å². The summed E-state index contributed by atoms with van der Waals surface area (Å²) < 4.78 is 0. The van der Waals surface area contributed by atoms with Crippen LogP contribution in [-0.4, -0.2) is 28.5 Å². The van der Waals surface area contributed by atoms with E-state index in [0.717, 1.165) is 36.3 Å².